The molecule has 0 aliphatic carbocycles. The molecule has 0 unspecified atom stereocenters. The largest absolute Gasteiger partial charge is 0.206 e. The van der Waals surface area contributed by atoms with E-state index in [0.29, 0.717) is 5.56 Å². The van der Waals surface area contributed by atoms with Gasteiger partial charge in [0.05, 0.1) is 0 Å². The van der Waals surface area contributed by atoms with Crippen LogP contribution in [0.15, 0.2) is 53.5 Å². The van der Waals surface area contributed by atoms with E-state index >= 15 is 0 Å². The minimum Gasteiger partial charge on any atom is -0.206 e. The molecular formula is C15H12BrF. The normalized spacial score (nSPS) is 10.3. The lowest BCUT2D eigenvalue weighted by molar-refractivity contribution is 0.631. The predicted molar refractivity (Wildman–Crippen MR) is 74.2 cm³/mol. The molecule has 0 aromatic heterocycles. The second kappa shape index (κ2) is 4.84. The molecule has 2 heteroatoms. The van der Waals surface area contributed by atoms with Gasteiger partial charge in [0.2, 0.25) is 0 Å². The van der Waals surface area contributed by atoms with E-state index in [4.69, 9.17) is 0 Å². The summed E-state index contributed by atoms with van der Waals surface area (Å²) in [6.07, 6.45) is 0. The SMILES string of the molecule is C=C(C)c1cccc(Br)c1-c1ccccc1F. The van der Waals surface area contributed by atoms with Gasteiger partial charge < -0.3 is 0 Å². The zero-order valence-electron chi connectivity index (χ0n) is 9.50. The van der Waals surface area contributed by atoms with Crippen molar-refractivity contribution in [3.05, 3.63) is 64.9 Å². The van der Waals surface area contributed by atoms with Gasteiger partial charge in [-0.05, 0) is 24.6 Å². The van der Waals surface area contributed by atoms with E-state index in [2.05, 4.69) is 22.5 Å². The number of hydrogen-bond acceptors (Lipinski definition) is 0. The van der Waals surface area contributed by atoms with E-state index in [1.807, 2.05) is 31.2 Å². The van der Waals surface area contributed by atoms with Crippen molar-refractivity contribution in [2.24, 2.45) is 0 Å². The molecule has 0 aliphatic rings. The summed E-state index contributed by atoms with van der Waals surface area (Å²) in [5, 5.41) is 0. The van der Waals surface area contributed by atoms with Gasteiger partial charge in [0.25, 0.3) is 0 Å². The Labute approximate surface area is 109 Å². The summed E-state index contributed by atoms with van der Waals surface area (Å²) in [7, 11) is 0. The van der Waals surface area contributed by atoms with Gasteiger partial charge in [-0.3, -0.25) is 0 Å². The highest BCUT2D eigenvalue weighted by Crippen LogP contribution is 2.35. The van der Waals surface area contributed by atoms with Crippen molar-refractivity contribution in [3.8, 4) is 11.1 Å². The van der Waals surface area contributed by atoms with Crippen LogP contribution in [0.1, 0.15) is 12.5 Å². The van der Waals surface area contributed by atoms with Gasteiger partial charge in [-0.15, -0.1) is 0 Å². The van der Waals surface area contributed by atoms with Crippen molar-refractivity contribution in [1.82, 2.24) is 0 Å². The van der Waals surface area contributed by atoms with Gasteiger partial charge >= 0.3 is 0 Å². The summed E-state index contributed by atoms with van der Waals surface area (Å²) in [5.74, 6) is -0.220. The molecule has 0 fully saturated rings. The fraction of sp³-hybridized carbons (Fsp3) is 0.0667. The molecule has 2 aromatic carbocycles. The van der Waals surface area contributed by atoms with Crippen molar-refractivity contribution < 1.29 is 4.39 Å². The van der Waals surface area contributed by atoms with Crippen LogP contribution in [0.2, 0.25) is 0 Å². The summed E-state index contributed by atoms with van der Waals surface area (Å²) < 4.78 is 14.7. The highest BCUT2D eigenvalue weighted by Gasteiger charge is 2.12. The first-order chi connectivity index (χ1) is 8.11. The smallest absolute Gasteiger partial charge is 0.131 e. The highest BCUT2D eigenvalue weighted by molar-refractivity contribution is 9.10. The standard InChI is InChI=1S/C15H12BrF/c1-10(2)11-7-5-8-13(16)15(11)12-6-3-4-9-14(12)17/h3-9H,1H2,2H3. The van der Waals surface area contributed by atoms with Crippen molar-refractivity contribution in [3.63, 3.8) is 0 Å². The molecule has 0 N–H and O–H groups in total. The van der Waals surface area contributed by atoms with Gasteiger partial charge in [-0.1, -0.05) is 58.4 Å². The van der Waals surface area contributed by atoms with Crippen LogP contribution < -0.4 is 0 Å². The van der Waals surface area contributed by atoms with Crippen LogP contribution >= 0.6 is 15.9 Å². The third-order valence-electron chi connectivity index (χ3n) is 2.62. The molecule has 17 heavy (non-hydrogen) atoms. The molecule has 0 bridgehead atoms. The van der Waals surface area contributed by atoms with Gasteiger partial charge in [-0.2, -0.15) is 0 Å². The monoisotopic (exact) mass is 290 g/mol. The molecule has 0 aliphatic heterocycles. The Kier molecular flexibility index (Phi) is 3.43. The van der Waals surface area contributed by atoms with Gasteiger partial charge in [0, 0.05) is 15.6 Å². The van der Waals surface area contributed by atoms with Gasteiger partial charge in [0.15, 0.2) is 0 Å². The minimum absolute atomic E-state index is 0.220. The molecule has 0 radical (unpaired) electrons. The molecule has 2 aromatic rings. The first-order valence-corrected chi connectivity index (χ1v) is 6.10. The van der Waals surface area contributed by atoms with Gasteiger partial charge in [0.1, 0.15) is 5.82 Å². The third kappa shape index (κ3) is 2.32. The Bertz CT molecular complexity index is 573. The maximum atomic E-state index is 13.8. The van der Waals surface area contributed by atoms with Crippen molar-refractivity contribution in [2.45, 2.75) is 6.92 Å². The number of halogens is 2. The molecule has 0 heterocycles. The molecule has 0 amide bonds. The third-order valence-corrected chi connectivity index (χ3v) is 3.28. The first-order valence-electron chi connectivity index (χ1n) is 5.30. The van der Waals surface area contributed by atoms with Crippen LogP contribution in [0.3, 0.4) is 0 Å². The lowest BCUT2D eigenvalue weighted by atomic mass is 9.96. The summed E-state index contributed by atoms with van der Waals surface area (Å²) >= 11 is 3.48. The predicted octanol–water partition coefficient (Wildman–Crippen LogP) is 5.29. The van der Waals surface area contributed by atoms with Gasteiger partial charge in [-0.25, -0.2) is 4.39 Å². The maximum absolute atomic E-state index is 13.8. The van der Waals surface area contributed by atoms with Crippen LogP contribution in [0.4, 0.5) is 4.39 Å². The Hall–Kier alpha value is -1.41. The Morgan fingerprint density at radius 1 is 1.12 bits per heavy atom. The number of allylic oxidation sites excluding steroid dienone is 1. The average Bonchev–Trinajstić information content (AvgIpc) is 2.30. The van der Waals surface area contributed by atoms with E-state index in [0.717, 1.165) is 21.2 Å². The van der Waals surface area contributed by atoms with Crippen LogP contribution in [0, 0.1) is 5.82 Å². The Balaban J connectivity index is 2.75. The summed E-state index contributed by atoms with van der Waals surface area (Å²) in [6, 6.07) is 12.6. The summed E-state index contributed by atoms with van der Waals surface area (Å²) in [4.78, 5) is 0. The molecule has 0 atom stereocenters. The number of rotatable bonds is 2. The van der Waals surface area contributed by atoms with E-state index in [1.54, 1.807) is 12.1 Å². The van der Waals surface area contributed by atoms with Crippen molar-refractivity contribution in [1.29, 1.82) is 0 Å². The van der Waals surface area contributed by atoms with Crippen LogP contribution in [0.25, 0.3) is 16.7 Å². The Morgan fingerprint density at radius 3 is 2.47 bits per heavy atom. The molecule has 86 valence electrons. The number of benzene rings is 2. The Morgan fingerprint density at radius 2 is 1.82 bits per heavy atom. The van der Waals surface area contributed by atoms with Crippen molar-refractivity contribution >= 4 is 21.5 Å². The maximum Gasteiger partial charge on any atom is 0.131 e. The summed E-state index contributed by atoms with van der Waals surface area (Å²) in [6.45, 7) is 5.86. The molecule has 2 rings (SSSR count). The average molecular weight is 291 g/mol. The zero-order valence-corrected chi connectivity index (χ0v) is 11.1. The summed E-state index contributed by atoms with van der Waals surface area (Å²) in [5.41, 5.74) is 3.34. The topological polar surface area (TPSA) is 0 Å². The minimum atomic E-state index is -0.220. The quantitative estimate of drug-likeness (QED) is 0.705. The zero-order chi connectivity index (χ0) is 12.4. The van der Waals surface area contributed by atoms with E-state index in [-0.39, 0.29) is 5.82 Å². The van der Waals surface area contributed by atoms with E-state index < -0.39 is 0 Å². The van der Waals surface area contributed by atoms with Crippen molar-refractivity contribution in [2.75, 3.05) is 0 Å². The molecule has 0 saturated carbocycles. The lowest BCUT2D eigenvalue weighted by Crippen LogP contribution is -1.91. The highest BCUT2D eigenvalue weighted by atomic mass is 79.9. The first kappa shape index (κ1) is 12.1. The molecule has 0 nitrogen and oxygen atoms in total. The van der Waals surface area contributed by atoms with Crippen LogP contribution in [-0.2, 0) is 0 Å². The van der Waals surface area contributed by atoms with Crippen LogP contribution in [-0.4, -0.2) is 0 Å². The second-order valence-electron chi connectivity index (χ2n) is 3.92. The molecule has 0 saturated heterocycles. The number of hydrogen-bond donors (Lipinski definition) is 0. The second-order valence-corrected chi connectivity index (χ2v) is 4.78. The lowest BCUT2D eigenvalue weighted by Gasteiger charge is -2.12. The molecule has 0 spiro atoms. The molecular weight excluding hydrogens is 279 g/mol. The fourth-order valence-corrected chi connectivity index (χ4v) is 2.40. The van der Waals surface area contributed by atoms with Crippen LogP contribution in [0.5, 0.6) is 0 Å². The van der Waals surface area contributed by atoms with E-state index in [1.165, 1.54) is 6.07 Å². The fourth-order valence-electron chi connectivity index (χ4n) is 1.82. The van der Waals surface area contributed by atoms with E-state index in [9.17, 15) is 4.39 Å².